The molecule has 5 heteroatoms. The molecule has 1 amide bonds. The van der Waals surface area contributed by atoms with Gasteiger partial charge in [-0.1, -0.05) is 0 Å². The molecule has 1 heterocycles. The van der Waals surface area contributed by atoms with E-state index in [-0.39, 0.29) is 12.5 Å². The Morgan fingerprint density at radius 2 is 1.90 bits per heavy atom. The Kier molecular flexibility index (Phi) is 5.20. The third-order valence-corrected chi connectivity index (χ3v) is 4.00. The van der Waals surface area contributed by atoms with Gasteiger partial charge in [0.05, 0.1) is 6.61 Å². The van der Waals surface area contributed by atoms with Crippen LogP contribution in [0.1, 0.15) is 15.9 Å². The highest BCUT2D eigenvalue weighted by Crippen LogP contribution is 2.20. The quantitative estimate of drug-likeness (QED) is 0.892. The van der Waals surface area contributed by atoms with Crippen molar-refractivity contribution in [1.82, 2.24) is 9.80 Å². The molecule has 1 saturated heterocycles. The van der Waals surface area contributed by atoms with E-state index < -0.39 is 0 Å². The van der Waals surface area contributed by atoms with Crippen molar-refractivity contribution >= 4 is 11.6 Å². The minimum Gasteiger partial charge on any atom is -0.395 e. The summed E-state index contributed by atoms with van der Waals surface area (Å²) in [6.45, 7) is 6.03. The number of nitrogens with zero attached hydrogens (tertiary/aromatic N) is 3. The minimum absolute atomic E-state index is 0.104. The van der Waals surface area contributed by atoms with Crippen LogP contribution in [0.5, 0.6) is 0 Å². The highest BCUT2D eigenvalue weighted by molar-refractivity contribution is 5.95. The van der Waals surface area contributed by atoms with Crippen LogP contribution in [0, 0.1) is 6.92 Å². The molecule has 0 spiro atoms. The molecule has 0 atom stereocenters. The normalized spacial score (nSPS) is 16.1. The minimum atomic E-state index is 0.104. The van der Waals surface area contributed by atoms with Crippen molar-refractivity contribution in [3.8, 4) is 0 Å². The lowest BCUT2D eigenvalue weighted by molar-refractivity contribution is 0.0615. The molecule has 116 valence electrons. The van der Waals surface area contributed by atoms with Crippen LogP contribution in [-0.2, 0) is 0 Å². The smallest absolute Gasteiger partial charge is 0.253 e. The Bertz CT molecular complexity index is 494. The van der Waals surface area contributed by atoms with Crippen molar-refractivity contribution in [3.63, 3.8) is 0 Å². The average molecular weight is 291 g/mol. The van der Waals surface area contributed by atoms with E-state index >= 15 is 0 Å². The number of carbonyl (C=O) groups is 1. The molecule has 0 bridgehead atoms. The molecule has 0 radical (unpaired) electrons. The van der Waals surface area contributed by atoms with Gasteiger partial charge in [0.15, 0.2) is 0 Å². The fraction of sp³-hybridized carbons (Fsp3) is 0.562. The highest BCUT2D eigenvalue weighted by Gasteiger charge is 2.22. The molecule has 0 aliphatic carbocycles. The van der Waals surface area contributed by atoms with E-state index in [0.29, 0.717) is 6.54 Å². The molecular weight excluding hydrogens is 266 g/mol. The van der Waals surface area contributed by atoms with Gasteiger partial charge in [0.1, 0.15) is 0 Å². The maximum absolute atomic E-state index is 12.5. The number of piperazine rings is 1. The monoisotopic (exact) mass is 291 g/mol. The molecule has 0 unspecified atom stereocenters. The predicted molar refractivity (Wildman–Crippen MR) is 84.9 cm³/mol. The van der Waals surface area contributed by atoms with Crippen molar-refractivity contribution < 1.29 is 9.90 Å². The Hall–Kier alpha value is -1.59. The van der Waals surface area contributed by atoms with Gasteiger partial charge in [-0.25, -0.2) is 0 Å². The Labute approximate surface area is 126 Å². The number of carbonyl (C=O) groups excluding carboxylic acids is 1. The second-order valence-electron chi connectivity index (χ2n) is 5.75. The third kappa shape index (κ3) is 3.74. The summed E-state index contributed by atoms with van der Waals surface area (Å²) in [5.74, 6) is 0.104. The average Bonchev–Trinajstić information content (AvgIpc) is 2.47. The Morgan fingerprint density at radius 3 is 2.43 bits per heavy atom. The maximum atomic E-state index is 12.5. The molecule has 0 saturated carbocycles. The first-order valence-electron chi connectivity index (χ1n) is 7.43. The molecule has 1 fully saturated rings. The molecule has 0 aromatic heterocycles. The van der Waals surface area contributed by atoms with Gasteiger partial charge in [-0.05, 0) is 30.7 Å². The molecule has 21 heavy (non-hydrogen) atoms. The standard InChI is InChI=1S/C16H25N3O2/c1-13-12-14(4-5-15(13)17(2)3)16(21)19-8-6-18(7-9-19)10-11-20/h4-5,12,20H,6-11H2,1-3H3. The number of anilines is 1. The van der Waals surface area contributed by atoms with Gasteiger partial charge in [0.2, 0.25) is 0 Å². The van der Waals surface area contributed by atoms with Crippen LogP contribution in [0.25, 0.3) is 0 Å². The van der Waals surface area contributed by atoms with Gasteiger partial charge >= 0.3 is 0 Å². The summed E-state index contributed by atoms with van der Waals surface area (Å²) >= 11 is 0. The summed E-state index contributed by atoms with van der Waals surface area (Å²) in [6.07, 6.45) is 0. The van der Waals surface area contributed by atoms with E-state index in [1.165, 1.54) is 0 Å². The van der Waals surface area contributed by atoms with Crippen LogP contribution in [0.2, 0.25) is 0 Å². The van der Waals surface area contributed by atoms with Crippen LogP contribution < -0.4 is 4.90 Å². The molecule has 1 aromatic rings. The summed E-state index contributed by atoms with van der Waals surface area (Å²) in [5, 5.41) is 8.95. The van der Waals surface area contributed by atoms with E-state index in [9.17, 15) is 4.79 Å². The summed E-state index contributed by atoms with van der Waals surface area (Å²) < 4.78 is 0. The van der Waals surface area contributed by atoms with Gasteiger partial charge in [-0.2, -0.15) is 0 Å². The van der Waals surface area contributed by atoms with Crippen LogP contribution in [0.3, 0.4) is 0 Å². The maximum Gasteiger partial charge on any atom is 0.253 e. The Morgan fingerprint density at radius 1 is 1.24 bits per heavy atom. The zero-order valence-corrected chi connectivity index (χ0v) is 13.2. The van der Waals surface area contributed by atoms with Crippen LogP contribution in [-0.4, -0.2) is 74.2 Å². The van der Waals surface area contributed by atoms with E-state index in [0.717, 1.165) is 43.0 Å². The van der Waals surface area contributed by atoms with E-state index in [4.69, 9.17) is 5.11 Å². The molecule has 1 aromatic carbocycles. The van der Waals surface area contributed by atoms with Crippen LogP contribution >= 0.6 is 0 Å². The van der Waals surface area contributed by atoms with E-state index in [2.05, 4.69) is 9.80 Å². The van der Waals surface area contributed by atoms with Crippen molar-refractivity contribution in [3.05, 3.63) is 29.3 Å². The van der Waals surface area contributed by atoms with Gasteiger partial charge in [0.25, 0.3) is 5.91 Å². The summed E-state index contributed by atoms with van der Waals surface area (Å²) in [5.41, 5.74) is 3.01. The topological polar surface area (TPSA) is 47.0 Å². The third-order valence-electron chi connectivity index (χ3n) is 4.00. The molecule has 1 N–H and O–H groups in total. The summed E-state index contributed by atoms with van der Waals surface area (Å²) in [6, 6.07) is 5.88. The number of hydrogen-bond donors (Lipinski definition) is 1. The molecular formula is C16H25N3O2. The number of aliphatic hydroxyl groups excluding tert-OH is 1. The highest BCUT2D eigenvalue weighted by atomic mass is 16.3. The fourth-order valence-electron chi connectivity index (χ4n) is 2.79. The van der Waals surface area contributed by atoms with Crippen molar-refractivity contribution in [2.45, 2.75) is 6.92 Å². The van der Waals surface area contributed by atoms with Gasteiger partial charge in [-0.3, -0.25) is 9.69 Å². The second-order valence-corrected chi connectivity index (χ2v) is 5.75. The van der Waals surface area contributed by atoms with Gasteiger partial charge in [-0.15, -0.1) is 0 Å². The lowest BCUT2D eigenvalue weighted by atomic mass is 10.1. The van der Waals surface area contributed by atoms with Gasteiger partial charge < -0.3 is 14.9 Å². The summed E-state index contributed by atoms with van der Waals surface area (Å²) in [7, 11) is 4.01. The predicted octanol–water partition coefficient (Wildman–Crippen LogP) is 0.811. The van der Waals surface area contributed by atoms with Crippen molar-refractivity contribution in [1.29, 1.82) is 0 Å². The molecule has 2 rings (SSSR count). The molecule has 5 nitrogen and oxygen atoms in total. The largest absolute Gasteiger partial charge is 0.395 e. The van der Waals surface area contributed by atoms with Gasteiger partial charge in [0, 0.05) is 58.1 Å². The lowest BCUT2D eigenvalue weighted by Crippen LogP contribution is -2.49. The number of benzene rings is 1. The summed E-state index contributed by atoms with van der Waals surface area (Å²) in [4.78, 5) is 18.7. The van der Waals surface area contributed by atoms with Crippen molar-refractivity contribution in [2.75, 3.05) is 58.3 Å². The van der Waals surface area contributed by atoms with E-state index in [1.807, 2.05) is 44.1 Å². The number of β-amino-alcohol motifs (C(OH)–C–C–N with tert-alkyl or cyclic N) is 1. The number of aryl methyl sites for hydroxylation is 1. The van der Waals surface area contributed by atoms with Crippen LogP contribution in [0.4, 0.5) is 5.69 Å². The number of hydrogen-bond acceptors (Lipinski definition) is 4. The van der Waals surface area contributed by atoms with E-state index in [1.54, 1.807) is 0 Å². The number of aliphatic hydroxyl groups is 1. The number of amides is 1. The zero-order chi connectivity index (χ0) is 15.4. The fourth-order valence-corrected chi connectivity index (χ4v) is 2.79. The van der Waals surface area contributed by atoms with Crippen LogP contribution in [0.15, 0.2) is 18.2 Å². The molecule has 1 aliphatic rings. The Balaban J connectivity index is 2.02. The zero-order valence-electron chi connectivity index (χ0n) is 13.2. The second kappa shape index (κ2) is 6.91. The number of rotatable bonds is 4. The first-order chi connectivity index (χ1) is 10.0. The SMILES string of the molecule is Cc1cc(C(=O)N2CCN(CCO)CC2)ccc1N(C)C. The first-order valence-corrected chi connectivity index (χ1v) is 7.43. The van der Waals surface area contributed by atoms with Crippen molar-refractivity contribution in [2.24, 2.45) is 0 Å². The lowest BCUT2D eigenvalue weighted by Gasteiger charge is -2.34. The molecule has 1 aliphatic heterocycles. The first kappa shape index (κ1) is 15.8.